The molecule has 1 aliphatic heterocycles. The fourth-order valence-electron chi connectivity index (χ4n) is 2.00. The van der Waals surface area contributed by atoms with E-state index in [1.807, 2.05) is 6.92 Å². The molecule has 0 spiro atoms. The third kappa shape index (κ3) is 1.98. The largest absolute Gasteiger partial charge is 0.360 e. The zero-order valence-corrected chi connectivity index (χ0v) is 10.8. The quantitative estimate of drug-likeness (QED) is 0.857. The van der Waals surface area contributed by atoms with Gasteiger partial charge in [0.05, 0.1) is 12.7 Å². The molecule has 18 heavy (non-hydrogen) atoms. The maximum Gasteiger partial charge on any atom is 0.249 e. The van der Waals surface area contributed by atoms with Gasteiger partial charge in [-0.3, -0.25) is 9.59 Å². The lowest BCUT2D eigenvalue weighted by Crippen LogP contribution is -2.67. The van der Waals surface area contributed by atoms with E-state index >= 15 is 0 Å². The van der Waals surface area contributed by atoms with Crippen LogP contribution in [0.4, 0.5) is 0 Å². The number of rotatable bonds is 3. The molecule has 0 bridgehead atoms. The Morgan fingerprint density at radius 1 is 1.56 bits per heavy atom. The van der Waals surface area contributed by atoms with Gasteiger partial charge in [-0.05, 0) is 20.3 Å². The summed E-state index contributed by atoms with van der Waals surface area (Å²) in [7, 11) is 0. The molecule has 1 aliphatic rings. The van der Waals surface area contributed by atoms with Crippen molar-refractivity contribution < 1.29 is 14.1 Å². The summed E-state index contributed by atoms with van der Waals surface area (Å²) >= 11 is 0. The van der Waals surface area contributed by atoms with Gasteiger partial charge in [0, 0.05) is 6.07 Å². The SMILES string of the molecule is CCC1(C)NC(=O)C(C)N(Cc2ccno2)C1=O. The zero-order chi connectivity index (χ0) is 13.3. The monoisotopic (exact) mass is 251 g/mol. The molecule has 1 saturated heterocycles. The van der Waals surface area contributed by atoms with E-state index in [2.05, 4.69) is 10.5 Å². The lowest BCUT2D eigenvalue weighted by atomic mass is 9.92. The fraction of sp³-hybridized carbons (Fsp3) is 0.583. The van der Waals surface area contributed by atoms with Gasteiger partial charge in [-0.25, -0.2) is 0 Å². The van der Waals surface area contributed by atoms with E-state index < -0.39 is 11.6 Å². The molecule has 1 fully saturated rings. The summed E-state index contributed by atoms with van der Waals surface area (Å²) in [5.74, 6) is 0.343. The van der Waals surface area contributed by atoms with E-state index in [0.717, 1.165) is 0 Å². The van der Waals surface area contributed by atoms with Crippen molar-refractivity contribution in [2.45, 2.75) is 45.3 Å². The minimum absolute atomic E-state index is 0.0894. The van der Waals surface area contributed by atoms with E-state index in [1.165, 1.54) is 11.1 Å². The van der Waals surface area contributed by atoms with Crippen LogP contribution in [0.25, 0.3) is 0 Å². The Balaban J connectivity index is 2.25. The molecule has 0 radical (unpaired) electrons. The second-order valence-corrected chi connectivity index (χ2v) is 4.76. The number of hydrogen-bond donors (Lipinski definition) is 1. The molecular weight excluding hydrogens is 234 g/mol. The number of nitrogens with one attached hydrogen (secondary N) is 1. The average Bonchev–Trinajstić information content (AvgIpc) is 2.85. The predicted molar refractivity (Wildman–Crippen MR) is 63.4 cm³/mol. The Bertz CT molecular complexity index is 457. The lowest BCUT2D eigenvalue weighted by molar-refractivity contribution is -0.154. The van der Waals surface area contributed by atoms with E-state index in [0.29, 0.717) is 12.2 Å². The first-order valence-electron chi connectivity index (χ1n) is 6.00. The summed E-state index contributed by atoms with van der Waals surface area (Å²) in [5, 5.41) is 6.37. The van der Waals surface area contributed by atoms with Crippen LogP contribution in [0, 0.1) is 0 Å². The molecule has 2 amide bonds. The number of piperazine rings is 1. The van der Waals surface area contributed by atoms with Crippen LogP contribution in [-0.2, 0) is 16.1 Å². The Labute approximate surface area is 105 Å². The van der Waals surface area contributed by atoms with Crippen LogP contribution in [0.3, 0.4) is 0 Å². The highest BCUT2D eigenvalue weighted by Crippen LogP contribution is 2.23. The van der Waals surface area contributed by atoms with Gasteiger partial charge in [0.25, 0.3) is 0 Å². The van der Waals surface area contributed by atoms with E-state index in [-0.39, 0.29) is 18.4 Å². The molecular formula is C12H17N3O3. The molecule has 1 N–H and O–H groups in total. The van der Waals surface area contributed by atoms with Gasteiger partial charge in [0.2, 0.25) is 11.8 Å². The van der Waals surface area contributed by atoms with Crippen LogP contribution < -0.4 is 5.32 Å². The molecule has 2 atom stereocenters. The normalized spacial score (nSPS) is 28.4. The van der Waals surface area contributed by atoms with Gasteiger partial charge in [0.15, 0.2) is 5.76 Å². The molecule has 6 nitrogen and oxygen atoms in total. The van der Waals surface area contributed by atoms with Gasteiger partial charge in [-0.2, -0.15) is 0 Å². The molecule has 1 aromatic rings. The summed E-state index contributed by atoms with van der Waals surface area (Å²) in [6.07, 6.45) is 2.07. The number of amides is 2. The molecule has 0 aliphatic carbocycles. The van der Waals surface area contributed by atoms with Crippen molar-refractivity contribution in [2.75, 3.05) is 0 Å². The Hall–Kier alpha value is -1.85. The molecule has 0 aromatic carbocycles. The van der Waals surface area contributed by atoms with Crippen LogP contribution in [0.2, 0.25) is 0 Å². The highest BCUT2D eigenvalue weighted by atomic mass is 16.5. The molecule has 6 heteroatoms. The zero-order valence-electron chi connectivity index (χ0n) is 10.8. The van der Waals surface area contributed by atoms with Crippen LogP contribution >= 0.6 is 0 Å². The predicted octanol–water partition coefficient (Wildman–Crippen LogP) is 0.690. The molecule has 2 heterocycles. The van der Waals surface area contributed by atoms with Crippen LogP contribution in [0.1, 0.15) is 33.0 Å². The van der Waals surface area contributed by atoms with Crippen molar-refractivity contribution in [3.63, 3.8) is 0 Å². The smallest absolute Gasteiger partial charge is 0.249 e. The maximum absolute atomic E-state index is 12.4. The maximum atomic E-state index is 12.4. The third-order valence-electron chi connectivity index (χ3n) is 3.50. The summed E-state index contributed by atoms with van der Waals surface area (Å²) in [6.45, 7) is 5.59. The number of carbonyl (C=O) groups excluding carboxylic acids is 2. The van der Waals surface area contributed by atoms with Crippen molar-refractivity contribution in [1.29, 1.82) is 0 Å². The topological polar surface area (TPSA) is 75.4 Å². The van der Waals surface area contributed by atoms with Gasteiger partial charge in [-0.1, -0.05) is 12.1 Å². The first-order chi connectivity index (χ1) is 8.48. The number of nitrogens with zero attached hydrogens (tertiary/aromatic N) is 2. The number of hydrogen-bond acceptors (Lipinski definition) is 4. The molecule has 2 rings (SSSR count). The van der Waals surface area contributed by atoms with E-state index in [9.17, 15) is 9.59 Å². The van der Waals surface area contributed by atoms with Gasteiger partial charge in [0.1, 0.15) is 11.6 Å². The van der Waals surface area contributed by atoms with Gasteiger partial charge in [-0.15, -0.1) is 0 Å². The third-order valence-corrected chi connectivity index (χ3v) is 3.50. The van der Waals surface area contributed by atoms with Crippen molar-refractivity contribution >= 4 is 11.8 Å². The van der Waals surface area contributed by atoms with Crippen molar-refractivity contribution in [3.8, 4) is 0 Å². The van der Waals surface area contributed by atoms with E-state index in [4.69, 9.17) is 4.52 Å². The second-order valence-electron chi connectivity index (χ2n) is 4.76. The Morgan fingerprint density at radius 2 is 2.28 bits per heavy atom. The summed E-state index contributed by atoms with van der Waals surface area (Å²) in [4.78, 5) is 25.8. The van der Waals surface area contributed by atoms with Crippen LogP contribution in [-0.4, -0.2) is 33.5 Å². The first kappa shape index (κ1) is 12.6. The minimum Gasteiger partial charge on any atom is -0.360 e. The molecule has 2 unspecified atom stereocenters. The summed E-state index contributed by atoms with van der Waals surface area (Å²) in [6, 6.07) is 1.19. The lowest BCUT2D eigenvalue weighted by Gasteiger charge is -2.42. The van der Waals surface area contributed by atoms with Crippen molar-refractivity contribution in [3.05, 3.63) is 18.0 Å². The number of aromatic nitrogens is 1. The Kier molecular flexibility index (Phi) is 3.11. The van der Waals surface area contributed by atoms with Crippen molar-refractivity contribution in [1.82, 2.24) is 15.4 Å². The van der Waals surface area contributed by atoms with E-state index in [1.54, 1.807) is 19.9 Å². The molecule has 0 saturated carbocycles. The minimum atomic E-state index is -0.830. The highest BCUT2D eigenvalue weighted by molar-refractivity contribution is 5.99. The van der Waals surface area contributed by atoms with Crippen molar-refractivity contribution in [2.24, 2.45) is 0 Å². The summed E-state index contributed by atoms with van der Waals surface area (Å²) < 4.78 is 4.99. The van der Waals surface area contributed by atoms with Gasteiger partial charge >= 0.3 is 0 Å². The molecule has 1 aromatic heterocycles. The standard InChI is InChI=1S/C12H17N3O3/c1-4-12(3)11(17)15(8(2)10(16)14-12)7-9-5-6-13-18-9/h5-6,8H,4,7H2,1-3H3,(H,14,16). The summed E-state index contributed by atoms with van der Waals surface area (Å²) in [5.41, 5.74) is -0.830. The molecule has 98 valence electrons. The number of carbonyl (C=O) groups is 2. The van der Waals surface area contributed by atoms with Crippen LogP contribution in [0.15, 0.2) is 16.8 Å². The highest BCUT2D eigenvalue weighted by Gasteiger charge is 2.45. The van der Waals surface area contributed by atoms with Gasteiger partial charge < -0.3 is 14.7 Å². The fourth-order valence-corrected chi connectivity index (χ4v) is 2.00. The Morgan fingerprint density at radius 3 is 2.83 bits per heavy atom. The average molecular weight is 251 g/mol. The second kappa shape index (κ2) is 4.44. The first-order valence-corrected chi connectivity index (χ1v) is 6.00. The van der Waals surface area contributed by atoms with Crippen LogP contribution in [0.5, 0.6) is 0 Å².